The Balaban J connectivity index is 0.00000280. The maximum Gasteiger partial charge on any atom is 0.225 e. The lowest BCUT2D eigenvalue weighted by Gasteiger charge is -2.36. The van der Waals surface area contributed by atoms with Gasteiger partial charge in [0.1, 0.15) is 0 Å². The third-order valence-electron chi connectivity index (χ3n) is 5.52. The second kappa shape index (κ2) is 12.4. The molecule has 0 amide bonds. The molecule has 2 fully saturated rings. The van der Waals surface area contributed by atoms with Crippen LogP contribution in [0.25, 0.3) is 0 Å². The van der Waals surface area contributed by atoms with Crippen molar-refractivity contribution in [3.8, 4) is 0 Å². The smallest absolute Gasteiger partial charge is 0.225 e. The van der Waals surface area contributed by atoms with Gasteiger partial charge >= 0.3 is 0 Å². The zero-order chi connectivity index (χ0) is 18.9. The van der Waals surface area contributed by atoms with Crippen LogP contribution in [0, 0.1) is 5.92 Å². The Bertz CT molecular complexity index is 567. The number of halogens is 1. The van der Waals surface area contributed by atoms with Gasteiger partial charge in [-0.1, -0.05) is 6.92 Å². The number of nitrogens with one attached hydrogen (secondary N) is 1. The summed E-state index contributed by atoms with van der Waals surface area (Å²) in [4.78, 5) is 20.8. The van der Waals surface area contributed by atoms with Gasteiger partial charge in [-0.25, -0.2) is 9.97 Å². The molecule has 0 saturated carbocycles. The summed E-state index contributed by atoms with van der Waals surface area (Å²) in [6.07, 6.45) is 7.45. The van der Waals surface area contributed by atoms with Crippen LogP contribution in [-0.4, -0.2) is 84.6 Å². The number of piperidine rings is 1. The quantitative estimate of drug-likeness (QED) is 0.280. The van der Waals surface area contributed by atoms with Crippen molar-refractivity contribution >= 4 is 35.9 Å². The highest BCUT2D eigenvalue weighted by Gasteiger charge is 2.21. The topological polar surface area (TPSA) is 59.9 Å². The molecule has 8 heteroatoms. The third-order valence-corrected chi connectivity index (χ3v) is 5.52. The lowest BCUT2D eigenvalue weighted by molar-refractivity contribution is 0.191. The zero-order valence-corrected chi connectivity index (χ0v) is 19.7. The van der Waals surface area contributed by atoms with Gasteiger partial charge in [0.15, 0.2) is 5.96 Å². The maximum absolute atomic E-state index is 4.89. The van der Waals surface area contributed by atoms with Crippen molar-refractivity contribution < 1.29 is 0 Å². The average molecular weight is 501 g/mol. The molecule has 0 unspecified atom stereocenters. The molecule has 0 aliphatic carbocycles. The van der Waals surface area contributed by atoms with Crippen LogP contribution >= 0.6 is 24.0 Å². The number of anilines is 1. The van der Waals surface area contributed by atoms with Gasteiger partial charge in [-0.2, -0.15) is 0 Å². The highest BCUT2D eigenvalue weighted by Crippen LogP contribution is 2.16. The van der Waals surface area contributed by atoms with Gasteiger partial charge in [0.05, 0.1) is 0 Å². The van der Waals surface area contributed by atoms with E-state index in [0.29, 0.717) is 0 Å². The number of guanidine groups is 1. The minimum Gasteiger partial charge on any atom is -0.357 e. The fourth-order valence-electron chi connectivity index (χ4n) is 3.76. The van der Waals surface area contributed by atoms with Gasteiger partial charge in [0.25, 0.3) is 0 Å². The van der Waals surface area contributed by atoms with E-state index >= 15 is 0 Å². The zero-order valence-electron chi connectivity index (χ0n) is 17.4. The minimum atomic E-state index is 0. The van der Waals surface area contributed by atoms with Crippen LogP contribution in [-0.2, 0) is 0 Å². The molecule has 2 aliphatic heterocycles. The van der Waals surface area contributed by atoms with Crippen molar-refractivity contribution in [1.29, 1.82) is 0 Å². The number of hydrogen-bond donors (Lipinski definition) is 1. The van der Waals surface area contributed by atoms with E-state index in [1.165, 1.54) is 32.5 Å². The third kappa shape index (κ3) is 7.02. The van der Waals surface area contributed by atoms with Crippen LogP contribution in [0.3, 0.4) is 0 Å². The molecule has 1 N–H and O–H groups in total. The lowest BCUT2D eigenvalue weighted by atomic mass is 9.99. The normalized spacial score (nSPS) is 19.4. The number of aromatic nitrogens is 2. The molecule has 0 bridgehead atoms. The van der Waals surface area contributed by atoms with Crippen LogP contribution in [0.5, 0.6) is 0 Å². The van der Waals surface area contributed by atoms with E-state index < -0.39 is 0 Å². The Hall–Kier alpha value is -1.16. The molecule has 7 nitrogen and oxygen atoms in total. The van der Waals surface area contributed by atoms with Gasteiger partial charge in [0, 0.05) is 51.7 Å². The van der Waals surface area contributed by atoms with E-state index in [9.17, 15) is 0 Å². The van der Waals surface area contributed by atoms with Crippen LogP contribution in [0.2, 0.25) is 0 Å². The summed E-state index contributed by atoms with van der Waals surface area (Å²) in [7, 11) is 0. The molecule has 1 aromatic rings. The van der Waals surface area contributed by atoms with Gasteiger partial charge in [-0.15, -0.1) is 24.0 Å². The fourth-order valence-corrected chi connectivity index (χ4v) is 3.76. The molecule has 3 rings (SSSR count). The monoisotopic (exact) mass is 501 g/mol. The molecule has 3 heterocycles. The van der Waals surface area contributed by atoms with E-state index in [1.807, 2.05) is 18.5 Å². The Morgan fingerprint density at radius 2 is 1.79 bits per heavy atom. The Morgan fingerprint density at radius 3 is 2.43 bits per heavy atom. The highest BCUT2D eigenvalue weighted by molar-refractivity contribution is 14.0. The molecule has 2 aliphatic rings. The predicted octanol–water partition coefficient (Wildman–Crippen LogP) is 2.30. The first-order valence-electron chi connectivity index (χ1n) is 10.5. The Labute approximate surface area is 187 Å². The first-order chi connectivity index (χ1) is 13.3. The first kappa shape index (κ1) is 23.1. The van der Waals surface area contributed by atoms with Crippen molar-refractivity contribution in [2.45, 2.75) is 33.1 Å². The van der Waals surface area contributed by atoms with E-state index in [4.69, 9.17) is 4.99 Å². The van der Waals surface area contributed by atoms with Crippen LogP contribution in [0.4, 0.5) is 5.95 Å². The van der Waals surface area contributed by atoms with E-state index in [0.717, 1.165) is 63.5 Å². The highest BCUT2D eigenvalue weighted by atomic mass is 127. The number of nitrogens with zero attached hydrogens (tertiary/aromatic N) is 6. The minimum absolute atomic E-state index is 0. The SMILES string of the molecule is CCNC(=NCCCN1CCC(C)CC1)N1CCN(c2ncccn2)CC1.I. The summed E-state index contributed by atoms with van der Waals surface area (Å²) in [5.41, 5.74) is 0. The van der Waals surface area contributed by atoms with Crippen LogP contribution < -0.4 is 10.2 Å². The summed E-state index contributed by atoms with van der Waals surface area (Å²) in [6.45, 7) is 13.8. The van der Waals surface area contributed by atoms with Crippen molar-refractivity contribution in [2.24, 2.45) is 10.9 Å². The molecule has 0 atom stereocenters. The van der Waals surface area contributed by atoms with Crippen molar-refractivity contribution in [3.05, 3.63) is 18.5 Å². The molecule has 28 heavy (non-hydrogen) atoms. The standard InChI is InChI=1S/C20H35N7.HI/c1-3-21-19(24-10-5-11-25-12-6-18(2)7-13-25)26-14-16-27(17-15-26)20-22-8-4-9-23-20;/h4,8-9,18H,3,5-7,10-17H2,1-2H3,(H,21,24);1H. The Morgan fingerprint density at radius 1 is 1.11 bits per heavy atom. The molecule has 2 saturated heterocycles. The summed E-state index contributed by atoms with van der Waals surface area (Å²) >= 11 is 0. The van der Waals surface area contributed by atoms with Crippen molar-refractivity contribution in [2.75, 3.05) is 63.8 Å². The number of piperazine rings is 1. The average Bonchev–Trinajstić information content (AvgIpc) is 2.72. The summed E-state index contributed by atoms with van der Waals surface area (Å²) in [5.74, 6) is 2.79. The molecule has 0 radical (unpaired) electrons. The van der Waals surface area contributed by atoms with Gasteiger partial charge in [0.2, 0.25) is 5.95 Å². The Kier molecular flexibility index (Phi) is 10.3. The largest absolute Gasteiger partial charge is 0.357 e. The second-order valence-corrected chi connectivity index (χ2v) is 7.64. The number of aliphatic imine (C=N–C) groups is 1. The van der Waals surface area contributed by atoms with Crippen molar-refractivity contribution in [1.82, 2.24) is 25.1 Å². The van der Waals surface area contributed by atoms with Crippen LogP contribution in [0.15, 0.2) is 23.5 Å². The fraction of sp³-hybridized carbons (Fsp3) is 0.750. The molecule has 1 aromatic heterocycles. The summed E-state index contributed by atoms with van der Waals surface area (Å²) < 4.78 is 0. The first-order valence-corrected chi connectivity index (χ1v) is 10.5. The van der Waals surface area contributed by atoms with Gasteiger partial charge in [-0.05, 0) is 57.8 Å². The van der Waals surface area contributed by atoms with E-state index in [2.05, 4.69) is 43.8 Å². The summed E-state index contributed by atoms with van der Waals surface area (Å²) in [5, 5.41) is 3.46. The molecular weight excluding hydrogens is 465 g/mol. The summed E-state index contributed by atoms with van der Waals surface area (Å²) in [6, 6.07) is 1.86. The predicted molar refractivity (Wildman–Crippen MR) is 127 cm³/mol. The van der Waals surface area contributed by atoms with E-state index in [1.54, 1.807) is 0 Å². The molecular formula is C20H36IN7. The lowest BCUT2D eigenvalue weighted by Crippen LogP contribution is -2.53. The molecule has 0 aromatic carbocycles. The second-order valence-electron chi connectivity index (χ2n) is 7.64. The van der Waals surface area contributed by atoms with Gasteiger partial charge in [-0.3, -0.25) is 4.99 Å². The van der Waals surface area contributed by atoms with Crippen molar-refractivity contribution in [3.63, 3.8) is 0 Å². The van der Waals surface area contributed by atoms with Gasteiger partial charge < -0.3 is 20.0 Å². The van der Waals surface area contributed by atoms with E-state index in [-0.39, 0.29) is 24.0 Å². The number of rotatable bonds is 6. The number of hydrogen-bond acceptors (Lipinski definition) is 5. The number of likely N-dealkylation sites (tertiary alicyclic amines) is 1. The molecule has 158 valence electrons. The maximum atomic E-state index is 4.89. The van der Waals surface area contributed by atoms with Crippen LogP contribution in [0.1, 0.15) is 33.1 Å². The molecule has 0 spiro atoms.